The zero-order chi connectivity index (χ0) is 27.2. The number of ether oxygens (including phenoxy) is 2. The summed E-state index contributed by atoms with van der Waals surface area (Å²) in [5, 5.41) is 5.38. The van der Waals surface area contributed by atoms with Crippen molar-refractivity contribution < 1.29 is 19.1 Å². The Morgan fingerprint density at radius 3 is 2.34 bits per heavy atom. The van der Waals surface area contributed by atoms with Crippen molar-refractivity contribution in [3.05, 3.63) is 87.2 Å². The number of hydrogen-bond acceptors (Lipinski definition) is 7. The third kappa shape index (κ3) is 5.72. The van der Waals surface area contributed by atoms with Crippen LogP contribution in [0.5, 0.6) is 11.5 Å². The smallest absolute Gasteiger partial charge is 0.332 e. The lowest BCUT2D eigenvalue weighted by Crippen LogP contribution is -2.42. The van der Waals surface area contributed by atoms with Gasteiger partial charge in [-0.1, -0.05) is 12.1 Å². The van der Waals surface area contributed by atoms with Gasteiger partial charge in [0.1, 0.15) is 6.54 Å². The van der Waals surface area contributed by atoms with Gasteiger partial charge in [-0.25, -0.2) is 9.78 Å². The average molecular weight is 518 g/mol. The number of pyridine rings is 1. The average Bonchev–Trinajstić information content (AvgIpc) is 2.90. The highest BCUT2D eigenvalue weighted by Gasteiger charge is 2.17. The third-order valence-corrected chi connectivity index (χ3v) is 5.83. The number of fused-ring (bicyclic) bond motifs is 1. The van der Waals surface area contributed by atoms with E-state index < -0.39 is 17.2 Å². The van der Waals surface area contributed by atoms with Gasteiger partial charge in [0.05, 0.1) is 19.7 Å². The highest BCUT2D eigenvalue weighted by Crippen LogP contribution is 2.27. The Hall–Kier alpha value is -4.93. The molecule has 4 rings (SSSR count). The molecule has 0 fully saturated rings. The lowest BCUT2D eigenvalue weighted by molar-refractivity contribution is -0.117. The Morgan fingerprint density at radius 1 is 0.895 bits per heavy atom. The quantitative estimate of drug-likeness (QED) is 0.348. The molecule has 11 nitrogen and oxygen atoms in total. The van der Waals surface area contributed by atoms with Gasteiger partial charge in [-0.15, -0.1) is 0 Å². The molecule has 0 saturated heterocycles. The number of methoxy groups -OCH3 is 2. The molecule has 0 unspecified atom stereocenters. The highest BCUT2D eigenvalue weighted by molar-refractivity contribution is 5.93. The molecule has 0 radical (unpaired) electrons. The topological polar surface area (TPSA) is 134 Å². The predicted molar refractivity (Wildman–Crippen MR) is 143 cm³/mol. The number of nitrogens with zero attached hydrogens (tertiary/aromatic N) is 3. The highest BCUT2D eigenvalue weighted by atomic mass is 16.5. The van der Waals surface area contributed by atoms with Crippen LogP contribution in [0.15, 0.2) is 70.4 Å². The monoisotopic (exact) mass is 517 g/mol. The standard InChI is InChI=1S/C27H27N5O6/c1-17(33)29-19-6-4-7-20(15-19)30-24(34)16-32-21-8-5-12-28-25(21)26(35)31(27(32)36)13-11-18-9-10-22(37-2)23(14-18)38-3/h4-10,12,14-15H,11,13,16H2,1-3H3,(H,29,33)(H,30,34). The Labute approximate surface area is 217 Å². The largest absolute Gasteiger partial charge is 0.493 e. The van der Waals surface area contributed by atoms with Crippen molar-refractivity contribution >= 4 is 34.2 Å². The normalized spacial score (nSPS) is 10.7. The van der Waals surface area contributed by atoms with Crippen LogP contribution in [0, 0.1) is 0 Å². The molecule has 196 valence electrons. The number of benzene rings is 2. The number of nitrogens with one attached hydrogen (secondary N) is 2. The molecule has 0 saturated carbocycles. The van der Waals surface area contributed by atoms with E-state index in [-0.39, 0.29) is 30.0 Å². The number of aryl methyl sites for hydroxylation is 1. The van der Waals surface area contributed by atoms with E-state index in [0.717, 1.165) is 10.1 Å². The number of carbonyl (C=O) groups excluding carboxylic acids is 2. The van der Waals surface area contributed by atoms with Gasteiger partial charge in [0.2, 0.25) is 11.8 Å². The first-order valence-corrected chi connectivity index (χ1v) is 11.8. The molecule has 4 aromatic rings. The second kappa shape index (κ2) is 11.4. The van der Waals surface area contributed by atoms with Gasteiger partial charge >= 0.3 is 5.69 Å². The summed E-state index contributed by atoms with van der Waals surface area (Å²) in [6.07, 6.45) is 1.82. The molecule has 38 heavy (non-hydrogen) atoms. The maximum absolute atomic E-state index is 13.4. The summed E-state index contributed by atoms with van der Waals surface area (Å²) in [6, 6.07) is 15.2. The van der Waals surface area contributed by atoms with Crippen LogP contribution < -0.4 is 31.4 Å². The molecular formula is C27H27N5O6. The van der Waals surface area contributed by atoms with Crippen molar-refractivity contribution in [1.29, 1.82) is 0 Å². The maximum atomic E-state index is 13.4. The molecule has 2 aromatic carbocycles. The SMILES string of the molecule is COc1ccc(CCn2c(=O)c3ncccc3n(CC(=O)Nc3cccc(NC(C)=O)c3)c2=O)cc1OC. The fourth-order valence-electron chi connectivity index (χ4n) is 4.09. The van der Waals surface area contributed by atoms with E-state index in [2.05, 4.69) is 15.6 Å². The zero-order valence-electron chi connectivity index (χ0n) is 21.2. The van der Waals surface area contributed by atoms with Crippen molar-refractivity contribution in [3.63, 3.8) is 0 Å². The first-order valence-electron chi connectivity index (χ1n) is 11.8. The number of rotatable bonds is 9. The van der Waals surface area contributed by atoms with Crippen molar-refractivity contribution in [1.82, 2.24) is 14.1 Å². The summed E-state index contributed by atoms with van der Waals surface area (Å²) < 4.78 is 12.9. The summed E-state index contributed by atoms with van der Waals surface area (Å²) in [6.45, 7) is 1.11. The van der Waals surface area contributed by atoms with Gasteiger partial charge < -0.3 is 20.1 Å². The minimum Gasteiger partial charge on any atom is -0.493 e. The molecule has 2 aromatic heterocycles. The minimum atomic E-state index is -0.627. The summed E-state index contributed by atoms with van der Waals surface area (Å²) in [4.78, 5) is 55.0. The molecule has 0 aliphatic heterocycles. The number of carbonyl (C=O) groups is 2. The number of hydrogen-bond donors (Lipinski definition) is 2. The van der Waals surface area contributed by atoms with Crippen molar-refractivity contribution in [2.45, 2.75) is 26.4 Å². The van der Waals surface area contributed by atoms with Crippen LogP contribution >= 0.6 is 0 Å². The molecular weight excluding hydrogens is 490 g/mol. The van der Waals surface area contributed by atoms with Crippen molar-refractivity contribution in [3.8, 4) is 11.5 Å². The van der Waals surface area contributed by atoms with Crippen molar-refractivity contribution in [2.24, 2.45) is 0 Å². The van der Waals surface area contributed by atoms with Gasteiger partial charge in [0.25, 0.3) is 5.56 Å². The van der Waals surface area contributed by atoms with E-state index in [4.69, 9.17) is 9.47 Å². The molecule has 0 spiro atoms. The summed E-state index contributed by atoms with van der Waals surface area (Å²) in [5.74, 6) is 0.380. The predicted octanol–water partition coefficient (Wildman–Crippen LogP) is 2.42. The molecule has 0 atom stereocenters. The summed E-state index contributed by atoms with van der Waals surface area (Å²) >= 11 is 0. The zero-order valence-corrected chi connectivity index (χ0v) is 21.2. The van der Waals surface area contributed by atoms with Crippen LogP contribution in [-0.2, 0) is 29.1 Å². The van der Waals surface area contributed by atoms with E-state index in [0.29, 0.717) is 29.3 Å². The lowest BCUT2D eigenvalue weighted by atomic mass is 10.1. The molecule has 0 aliphatic rings. The Kier molecular flexibility index (Phi) is 7.86. The second-order valence-electron chi connectivity index (χ2n) is 8.45. The molecule has 2 heterocycles. The van der Waals surface area contributed by atoms with Crippen LogP contribution in [0.3, 0.4) is 0 Å². The first-order chi connectivity index (χ1) is 18.3. The number of aromatic nitrogens is 3. The van der Waals surface area contributed by atoms with Gasteiger partial charge in [-0.05, 0) is 54.4 Å². The number of anilines is 2. The van der Waals surface area contributed by atoms with Gasteiger partial charge in [-0.2, -0.15) is 0 Å². The Bertz CT molecular complexity index is 1620. The molecule has 11 heteroatoms. The molecule has 2 N–H and O–H groups in total. The number of amides is 2. The second-order valence-corrected chi connectivity index (χ2v) is 8.45. The van der Waals surface area contributed by atoms with Crippen LogP contribution in [-0.4, -0.2) is 40.2 Å². The van der Waals surface area contributed by atoms with E-state index in [1.807, 2.05) is 6.07 Å². The fourth-order valence-corrected chi connectivity index (χ4v) is 4.09. The lowest BCUT2D eigenvalue weighted by Gasteiger charge is -2.14. The van der Waals surface area contributed by atoms with Crippen LogP contribution in [0.1, 0.15) is 12.5 Å². The molecule has 0 aliphatic carbocycles. The van der Waals surface area contributed by atoms with E-state index in [1.165, 1.54) is 31.9 Å². The minimum absolute atomic E-state index is 0.0695. The Balaban J connectivity index is 1.63. The first kappa shape index (κ1) is 26.1. The Morgan fingerprint density at radius 2 is 1.63 bits per heavy atom. The summed E-state index contributed by atoms with van der Waals surface area (Å²) in [7, 11) is 3.07. The van der Waals surface area contributed by atoms with Crippen LogP contribution in [0.25, 0.3) is 11.0 Å². The van der Waals surface area contributed by atoms with Crippen molar-refractivity contribution in [2.75, 3.05) is 24.9 Å². The van der Waals surface area contributed by atoms with Gasteiger partial charge in [0, 0.05) is 31.0 Å². The molecule has 2 amide bonds. The van der Waals surface area contributed by atoms with Gasteiger partial charge in [0.15, 0.2) is 17.0 Å². The van der Waals surface area contributed by atoms with E-state index in [1.54, 1.807) is 48.5 Å². The van der Waals surface area contributed by atoms with Gasteiger partial charge in [-0.3, -0.25) is 23.5 Å². The maximum Gasteiger partial charge on any atom is 0.332 e. The summed E-state index contributed by atoms with van der Waals surface area (Å²) in [5.41, 5.74) is 0.971. The van der Waals surface area contributed by atoms with Crippen LogP contribution in [0.4, 0.5) is 11.4 Å². The van der Waals surface area contributed by atoms with E-state index >= 15 is 0 Å². The van der Waals surface area contributed by atoms with Crippen LogP contribution in [0.2, 0.25) is 0 Å². The third-order valence-electron chi connectivity index (χ3n) is 5.83. The van der Waals surface area contributed by atoms with E-state index in [9.17, 15) is 19.2 Å². The fraction of sp³-hybridized carbons (Fsp3) is 0.222. The molecule has 0 bridgehead atoms.